The Labute approximate surface area is 500 Å². The van der Waals surface area contributed by atoms with Crippen molar-refractivity contribution in [3.63, 3.8) is 0 Å². The maximum absolute atomic E-state index is 7.75. The third kappa shape index (κ3) is 7.30. The van der Waals surface area contributed by atoms with Crippen molar-refractivity contribution in [2.45, 2.75) is 268 Å². The molecule has 6 aromatic carbocycles. The van der Waals surface area contributed by atoms with E-state index in [4.69, 9.17) is 4.74 Å². The molecule has 0 radical (unpaired) electrons. The van der Waals surface area contributed by atoms with E-state index in [2.05, 4.69) is 236 Å². The molecule has 0 spiro atoms. The lowest BCUT2D eigenvalue weighted by atomic mass is 9.32. The molecular weight excluding hydrogens is 1010 g/mol. The highest BCUT2D eigenvalue weighted by molar-refractivity contribution is 6.91. The molecule has 9 aliphatic rings. The zero-order valence-corrected chi connectivity index (χ0v) is 54.2. The second kappa shape index (κ2) is 16.8. The number of hydrogen-bond donors (Lipinski definition) is 0. The van der Waals surface area contributed by atoms with Crippen LogP contribution in [0, 0.1) is 0 Å². The minimum Gasteiger partial charge on any atom is -0.495 e. The van der Waals surface area contributed by atoms with Gasteiger partial charge in [0.15, 0.2) is 0 Å². The number of anilines is 7. The summed E-state index contributed by atoms with van der Waals surface area (Å²) in [4.78, 5) is 8.59. The Morgan fingerprint density at radius 2 is 0.843 bits per heavy atom. The van der Waals surface area contributed by atoms with Gasteiger partial charge in [0.05, 0.1) is 11.6 Å². The highest BCUT2D eigenvalue weighted by Gasteiger charge is 2.61. The number of ether oxygens (including phenoxy) is 1. The molecule has 1 fully saturated rings. The standard InChI is InChI=1S/C78H96BN3O/c1-69(2)31-33-71(5,6)53-39-47(25-27-51(53)69)80-62-46-58-56(74(11,12)36-38-76(58,15)16)44-60(62)79-66-63(80)41-49(82-61-45-57-55(73(9,10)35-37-75(57,13)14)43-59(61)77(17)29-21-22-30-78(77,82)18)42-64(66)81(67-50-23-19-20-24-65(50)83-68(67)79)48-26-28-52-54(40-48)72(7,8)34-32-70(52,3)4/h19-20,23-28,39-46,67-68H,21-22,29-38H2,1-18H3. The highest BCUT2D eigenvalue weighted by Crippen LogP contribution is 2.65. The van der Waals surface area contributed by atoms with Crippen LogP contribution in [0.15, 0.2) is 97.1 Å². The van der Waals surface area contributed by atoms with Gasteiger partial charge in [-0.3, -0.25) is 0 Å². The SMILES string of the molecule is CC1(C)CCC(C)(C)c2cc(N3c4cc5c(cc4B4c6c3cc(N3c7cc8c(cc7C7(C)CCCCC37C)C(C)(C)CCC8(C)C)cc6N(c3ccc6c(c3)C(C)(C)CCC6(C)C)C3c6ccccc6OC43)C(C)(C)CCC5(C)C)ccc21. The van der Waals surface area contributed by atoms with Crippen LogP contribution in [0.5, 0.6) is 5.75 Å². The molecule has 5 aliphatic carbocycles. The third-order valence-corrected chi connectivity index (χ3v) is 25.5. The van der Waals surface area contributed by atoms with Crippen LogP contribution >= 0.6 is 0 Å². The number of nitrogens with zero attached hydrogens (tertiary/aromatic N) is 3. The lowest BCUT2D eigenvalue weighted by Crippen LogP contribution is -2.65. The predicted octanol–water partition coefficient (Wildman–Crippen LogP) is 19.4. The molecular formula is C78H96BN3O. The first-order valence-corrected chi connectivity index (χ1v) is 32.8. The zero-order chi connectivity index (χ0) is 58.5. The Morgan fingerprint density at radius 3 is 1.42 bits per heavy atom. The maximum atomic E-state index is 7.75. The van der Waals surface area contributed by atoms with Gasteiger partial charge in [-0.05, 0) is 230 Å². The first-order chi connectivity index (χ1) is 38.8. The molecule has 0 saturated heterocycles. The van der Waals surface area contributed by atoms with Crippen LogP contribution in [0.2, 0.25) is 0 Å². The zero-order valence-electron chi connectivity index (χ0n) is 54.2. The van der Waals surface area contributed by atoms with E-state index in [1.165, 1.54) is 160 Å². The smallest absolute Gasteiger partial charge is 0.267 e. The summed E-state index contributed by atoms with van der Waals surface area (Å²) in [5, 5.41) is 0. The molecule has 432 valence electrons. The molecule has 0 aromatic heterocycles. The van der Waals surface area contributed by atoms with Crippen LogP contribution in [0.3, 0.4) is 0 Å². The van der Waals surface area contributed by atoms with E-state index in [-0.39, 0.29) is 73.0 Å². The van der Waals surface area contributed by atoms with Gasteiger partial charge in [0.2, 0.25) is 0 Å². The first-order valence-electron chi connectivity index (χ1n) is 32.8. The summed E-state index contributed by atoms with van der Waals surface area (Å²) in [6, 6.07) is 40.7. The van der Waals surface area contributed by atoms with Crippen LogP contribution in [0.1, 0.15) is 263 Å². The summed E-state index contributed by atoms with van der Waals surface area (Å²) in [7, 11) is 0. The van der Waals surface area contributed by atoms with Crippen LogP contribution in [-0.2, 0) is 48.7 Å². The molecule has 6 aromatic rings. The van der Waals surface area contributed by atoms with Crippen molar-refractivity contribution >= 4 is 57.5 Å². The Kier molecular flexibility index (Phi) is 11.0. The Hall–Kier alpha value is -5.42. The normalized spacial score (nSPS) is 28.4. The fraction of sp³-hybridized carbons (Fsp3) is 0.538. The van der Waals surface area contributed by atoms with Crippen molar-refractivity contribution in [3.8, 4) is 5.75 Å². The van der Waals surface area contributed by atoms with Gasteiger partial charge in [-0.2, -0.15) is 0 Å². The van der Waals surface area contributed by atoms with Crippen LogP contribution in [-0.4, -0.2) is 18.3 Å². The van der Waals surface area contributed by atoms with Gasteiger partial charge in [-0.25, -0.2) is 0 Å². The molecule has 0 amide bonds. The van der Waals surface area contributed by atoms with Gasteiger partial charge in [0.25, 0.3) is 6.71 Å². The average Bonchev–Trinajstić information content (AvgIpc) is 2.12. The summed E-state index contributed by atoms with van der Waals surface area (Å²) in [5.41, 5.74) is 27.5. The average molecular weight is 1100 g/mol. The van der Waals surface area contributed by atoms with E-state index in [9.17, 15) is 0 Å². The Bertz CT molecular complexity index is 3790. The van der Waals surface area contributed by atoms with E-state index in [0.717, 1.165) is 12.2 Å². The van der Waals surface area contributed by atoms with Crippen molar-refractivity contribution in [3.05, 3.63) is 153 Å². The van der Waals surface area contributed by atoms with Crippen molar-refractivity contribution in [2.24, 2.45) is 0 Å². The highest BCUT2D eigenvalue weighted by atomic mass is 16.5. The largest absolute Gasteiger partial charge is 0.495 e. The molecule has 4 nitrogen and oxygen atoms in total. The fourth-order valence-electron chi connectivity index (χ4n) is 19.3. The Balaban J connectivity index is 1.09. The molecule has 4 unspecified atom stereocenters. The number of hydrogen-bond acceptors (Lipinski definition) is 4. The summed E-state index contributed by atoms with van der Waals surface area (Å²) < 4.78 is 7.75. The maximum Gasteiger partial charge on any atom is 0.267 e. The van der Waals surface area contributed by atoms with Gasteiger partial charge in [0, 0.05) is 50.8 Å². The topological polar surface area (TPSA) is 19.0 Å². The molecule has 0 bridgehead atoms. The lowest BCUT2D eigenvalue weighted by molar-refractivity contribution is 0.194. The van der Waals surface area contributed by atoms with Gasteiger partial charge in [-0.1, -0.05) is 173 Å². The first kappa shape index (κ1) is 54.3. The molecule has 15 rings (SSSR count). The molecule has 4 heterocycles. The molecule has 0 N–H and O–H groups in total. The predicted molar refractivity (Wildman–Crippen MR) is 352 cm³/mol. The van der Waals surface area contributed by atoms with Crippen LogP contribution in [0.4, 0.5) is 39.8 Å². The Morgan fingerprint density at radius 1 is 0.386 bits per heavy atom. The van der Waals surface area contributed by atoms with E-state index in [0.29, 0.717) is 0 Å². The van der Waals surface area contributed by atoms with E-state index >= 15 is 0 Å². The molecule has 5 heteroatoms. The summed E-state index contributed by atoms with van der Waals surface area (Å²) in [6.07, 6.45) is 14.3. The molecule has 83 heavy (non-hydrogen) atoms. The third-order valence-electron chi connectivity index (χ3n) is 25.5. The fourth-order valence-corrected chi connectivity index (χ4v) is 19.3. The van der Waals surface area contributed by atoms with Crippen LogP contribution < -0.4 is 30.4 Å². The van der Waals surface area contributed by atoms with E-state index in [1.54, 1.807) is 16.7 Å². The van der Waals surface area contributed by atoms with Crippen molar-refractivity contribution in [2.75, 3.05) is 14.7 Å². The van der Waals surface area contributed by atoms with Gasteiger partial charge >= 0.3 is 0 Å². The van der Waals surface area contributed by atoms with Crippen molar-refractivity contribution < 1.29 is 4.74 Å². The lowest BCUT2D eigenvalue weighted by Gasteiger charge is -2.52. The number of fused-ring (bicyclic) bond motifs is 13. The van der Waals surface area contributed by atoms with Gasteiger partial charge in [-0.15, -0.1) is 0 Å². The van der Waals surface area contributed by atoms with E-state index < -0.39 is 0 Å². The van der Waals surface area contributed by atoms with Crippen LogP contribution in [0.25, 0.3) is 0 Å². The van der Waals surface area contributed by atoms with Gasteiger partial charge < -0.3 is 19.4 Å². The van der Waals surface area contributed by atoms with E-state index in [1.807, 2.05) is 0 Å². The summed E-state index contributed by atoms with van der Waals surface area (Å²) in [5.74, 6) is 1.03. The molecule has 1 saturated carbocycles. The number of para-hydroxylation sites is 1. The van der Waals surface area contributed by atoms with Crippen molar-refractivity contribution in [1.29, 1.82) is 0 Å². The van der Waals surface area contributed by atoms with Crippen molar-refractivity contribution in [1.82, 2.24) is 0 Å². The number of rotatable bonds is 3. The second-order valence-corrected chi connectivity index (χ2v) is 34.2. The molecule has 4 aliphatic heterocycles. The summed E-state index contributed by atoms with van der Waals surface area (Å²) >= 11 is 0. The number of benzene rings is 6. The monoisotopic (exact) mass is 1100 g/mol. The minimum atomic E-state index is -0.171. The second-order valence-electron chi connectivity index (χ2n) is 34.2. The van der Waals surface area contributed by atoms with Gasteiger partial charge in [0.1, 0.15) is 11.8 Å². The molecule has 4 atom stereocenters. The minimum absolute atomic E-state index is 0.0161. The quantitative estimate of drug-likeness (QED) is 0.164. The summed E-state index contributed by atoms with van der Waals surface area (Å²) in [6.45, 7) is 45.5.